The molecule has 2 aromatic heterocycles. The molecule has 136 valence electrons. The van der Waals surface area contributed by atoms with Crippen LogP contribution in [0.1, 0.15) is 36.9 Å². The molecule has 3 heterocycles. The Morgan fingerprint density at radius 3 is 2.62 bits per heavy atom. The minimum absolute atomic E-state index is 0.821. The van der Waals surface area contributed by atoms with Gasteiger partial charge >= 0.3 is 0 Å². The second-order valence-corrected chi connectivity index (χ2v) is 8.26. The van der Waals surface area contributed by atoms with Gasteiger partial charge < -0.3 is 4.90 Å². The van der Waals surface area contributed by atoms with Crippen molar-refractivity contribution in [2.45, 2.75) is 43.5 Å². The van der Waals surface area contributed by atoms with Crippen molar-refractivity contribution in [2.24, 2.45) is 0 Å². The van der Waals surface area contributed by atoms with Gasteiger partial charge in [0.1, 0.15) is 0 Å². The Morgan fingerprint density at radius 1 is 1.08 bits per heavy atom. The van der Waals surface area contributed by atoms with E-state index in [-0.39, 0.29) is 0 Å². The fourth-order valence-electron chi connectivity index (χ4n) is 3.17. The number of hydrogen-bond acceptors (Lipinski definition) is 6. The number of piperidine rings is 1. The zero-order chi connectivity index (χ0) is 17.8. The van der Waals surface area contributed by atoms with Crippen LogP contribution in [0, 0.1) is 0 Å². The minimum Gasteiger partial charge on any atom is -0.341 e. The number of hydrogen-bond donors (Lipinski definition) is 0. The van der Waals surface area contributed by atoms with Gasteiger partial charge in [-0.05, 0) is 37.8 Å². The Labute approximate surface area is 162 Å². The third-order valence-electron chi connectivity index (χ3n) is 4.52. The number of rotatable bonds is 6. The monoisotopic (exact) mass is 385 g/mol. The summed E-state index contributed by atoms with van der Waals surface area (Å²) in [6.07, 6.45) is 4.75. The lowest BCUT2D eigenvalue weighted by Gasteiger charge is -2.27. The maximum absolute atomic E-state index is 4.67. The fourth-order valence-corrected chi connectivity index (χ4v) is 4.86. The van der Waals surface area contributed by atoms with Gasteiger partial charge in [0.25, 0.3) is 0 Å². The molecule has 1 aliphatic rings. The number of nitrogens with zero attached hydrogens (tertiary/aromatic N) is 5. The third kappa shape index (κ3) is 3.78. The molecule has 0 unspecified atom stereocenters. The summed E-state index contributed by atoms with van der Waals surface area (Å²) in [6.45, 7) is 4.26. The molecule has 5 nitrogen and oxygen atoms in total. The summed E-state index contributed by atoms with van der Waals surface area (Å²) in [5, 5.41) is 13.3. The number of anilines is 1. The highest BCUT2D eigenvalue weighted by Gasteiger charge is 2.21. The van der Waals surface area contributed by atoms with Crippen molar-refractivity contribution in [2.75, 3.05) is 18.0 Å². The van der Waals surface area contributed by atoms with Crippen molar-refractivity contribution in [3.63, 3.8) is 0 Å². The summed E-state index contributed by atoms with van der Waals surface area (Å²) < 4.78 is 2.20. The minimum atomic E-state index is 0.821. The third-order valence-corrected chi connectivity index (χ3v) is 6.52. The van der Waals surface area contributed by atoms with Crippen molar-refractivity contribution in [1.29, 1.82) is 0 Å². The number of thiazole rings is 1. The van der Waals surface area contributed by atoms with Crippen LogP contribution in [0.5, 0.6) is 0 Å². The molecule has 0 saturated carbocycles. The zero-order valence-corrected chi connectivity index (χ0v) is 16.6. The molecular formula is C19H23N5S2. The van der Waals surface area contributed by atoms with Crippen LogP contribution < -0.4 is 4.90 Å². The lowest BCUT2D eigenvalue weighted by atomic mass is 10.1. The number of para-hydroxylation sites is 1. The predicted octanol–water partition coefficient (Wildman–Crippen LogP) is 4.57. The normalized spacial score (nSPS) is 14.7. The number of benzene rings is 1. The Morgan fingerprint density at radius 2 is 1.88 bits per heavy atom. The maximum Gasteiger partial charge on any atom is 0.232 e. The summed E-state index contributed by atoms with van der Waals surface area (Å²) in [6, 6.07) is 10.4. The van der Waals surface area contributed by atoms with Crippen LogP contribution in [0.4, 0.5) is 5.95 Å². The quantitative estimate of drug-likeness (QED) is 0.582. The van der Waals surface area contributed by atoms with Crippen molar-refractivity contribution in [1.82, 2.24) is 19.7 Å². The molecule has 0 amide bonds. The highest BCUT2D eigenvalue weighted by Crippen LogP contribution is 2.30. The van der Waals surface area contributed by atoms with Crippen LogP contribution in [-0.2, 0) is 12.2 Å². The largest absolute Gasteiger partial charge is 0.341 e. The lowest BCUT2D eigenvalue weighted by Crippen LogP contribution is -2.31. The van der Waals surface area contributed by atoms with Crippen LogP contribution in [0.25, 0.3) is 5.69 Å². The van der Waals surface area contributed by atoms with Crippen LogP contribution >= 0.6 is 23.1 Å². The number of thioether (sulfide) groups is 1. The van der Waals surface area contributed by atoms with Crippen LogP contribution in [0.2, 0.25) is 0 Å². The van der Waals surface area contributed by atoms with Crippen molar-refractivity contribution in [3.05, 3.63) is 46.4 Å². The van der Waals surface area contributed by atoms with Gasteiger partial charge in [-0.2, -0.15) is 0 Å². The topological polar surface area (TPSA) is 46.8 Å². The molecule has 0 spiro atoms. The Kier molecular flexibility index (Phi) is 5.55. The molecule has 1 fully saturated rings. The molecule has 0 bridgehead atoms. The second-order valence-electron chi connectivity index (χ2n) is 6.38. The van der Waals surface area contributed by atoms with E-state index >= 15 is 0 Å². The summed E-state index contributed by atoms with van der Waals surface area (Å²) in [5.74, 6) is 1.78. The smallest absolute Gasteiger partial charge is 0.232 e. The molecule has 3 aromatic rings. The van der Waals surface area contributed by atoms with Gasteiger partial charge in [-0.25, -0.2) is 4.98 Å². The van der Waals surface area contributed by atoms with E-state index in [0.29, 0.717) is 0 Å². The van der Waals surface area contributed by atoms with Gasteiger partial charge in [-0.1, -0.05) is 36.9 Å². The van der Waals surface area contributed by atoms with Crippen molar-refractivity contribution < 1.29 is 0 Å². The lowest BCUT2D eigenvalue weighted by molar-refractivity contribution is 0.564. The summed E-state index contributed by atoms with van der Waals surface area (Å²) in [7, 11) is 0. The molecule has 4 rings (SSSR count). The van der Waals surface area contributed by atoms with Crippen LogP contribution in [0.15, 0.2) is 40.9 Å². The van der Waals surface area contributed by atoms with E-state index < -0.39 is 0 Å². The van der Waals surface area contributed by atoms with Gasteiger partial charge in [-0.3, -0.25) is 4.57 Å². The van der Waals surface area contributed by atoms with E-state index in [2.05, 4.69) is 61.2 Å². The molecule has 26 heavy (non-hydrogen) atoms. The molecule has 0 aliphatic carbocycles. The molecule has 1 aliphatic heterocycles. The molecule has 1 aromatic carbocycles. The highest BCUT2D eigenvalue weighted by molar-refractivity contribution is 7.98. The van der Waals surface area contributed by atoms with Gasteiger partial charge in [0.2, 0.25) is 5.95 Å². The standard InChI is InChI=1S/C19H23N5S2/c1-2-17-20-15(13-25-17)14-26-19-22-21-18(23-11-7-4-8-12-23)24(19)16-9-5-3-6-10-16/h3,5-6,9-10,13H,2,4,7-8,11-12,14H2,1H3. The molecule has 1 saturated heterocycles. The average Bonchev–Trinajstić information content (AvgIpc) is 3.34. The van der Waals surface area contributed by atoms with Crippen molar-refractivity contribution >= 4 is 29.0 Å². The molecule has 0 atom stereocenters. The fraction of sp³-hybridized carbons (Fsp3) is 0.421. The van der Waals surface area contributed by atoms with E-state index in [9.17, 15) is 0 Å². The Balaban J connectivity index is 1.62. The Hall–Kier alpha value is -1.86. The van der Waals surface area contributed by atoms with Crippen LogP contribution in [-0.4, -0.2) is 32.8 Å². The summed E-state index contributed by atoms with van der Waals surface area (Å²) in [5.41, 5.74) is 2.24. The number of aryl methyl sites for hydroxylation is 1. The van der Waals surface area contributed by atoms with E-state index in [0.717, 1.165) is 47.7 Å². The number of aromatic nitrogens is 4. The van der Waals surface area contributed by atoms with Gasteiger partial charge in [-0.15, -0.1) is 21.5 Å². The van der Waals surface area contributed by atoms with Gasteiger partial charge in [0.15, 0.2) is 5.16 Å². The highest BCUT2D eigenvalue weighted by atomic mass is 32.2. The average molecular weight is 386 g/mol. The molecular weight excluding hydrogens is 362 g/mol. The first-order valence-electron chi connectivity index (χ1n) is 9.17. The first kappa shape index (κ1) is 17.5. The Bertz CT molecular complexity index is 837. The van der Waals surface area contributed by atoms with Gasteiger partial charge in [0, 0.05) is 24.2 Å². The van der Waals surface area contributed by atoms with Gasteiger partial charge in [0.05, 0.1) is 16.4 Å². The summed E-state index contributed by atoms with van der Waals surface area (Å²) in [4.78, 5) is 7.04. The first-order chi connectivity index (χ1) is 12.8. The second kappa shape index (κ2) is 8.22. The predicted molar refractivity (Wildman–Crippen MR) is 108 cm³/mol. The van der Waals surface area contributed by atoms with E-state index in [1.807, 2.05) is 6.07 Å². The first-order valence-corrected chi connectivity index (χ1v) is 11.0. The van der Waals surface area contributed by atoms with E-state index in [4.69, 9.17) is 0 Å². The SMILES string of the molecule is CCc1nc(CSc2nnc(N3CCCCC3)n2-c2ccccc2)cs1. The van der Waals surface area contributed by atoms with E-state index in [1.165, 1.54) is 24.3 Å². The maximum atomic E-state index is 4.67. The zero-order valence-electron chi connectivity index (χ0n) is 15.0. The summed E-state index contributed by atoms with van der Waals surface area (Å²) >= 11 is 3.45. The van der Waals surface area contributed by atoms with Crippen LogP contribution in [0.3, 0.4) is 0 Å². The molecule has 0 radical (unpaired) electrons. The van der Waals surface area contributed by atoms with E-state index in [1.54, 1.807) is 23.1 Å². The molecule has 7 heteroatoms. The van der Waals surface area contributed by atoms with Crippen molar-refractivity contribution in [3.8, 4) is 5.69 Å². The molecule has 0 N–H and O–H groups in total.